The highest BCUT2D eigenvalue weighted by Gasteiger charge is 2.24. The molecule has 22 rings (SSSR count). The second-order valence-corrected chi connectivity index (χ2v) is 26.6. The van der Waals surface area contributed by atoms with Crippen LogP contribution in [0.5, 0.6) is 0 Å². The molecule has 0 N–H and O–H groups in total. The van der Waals surface area contributed by atoms with E-state index in [4.69, 9.17) is 32.6 Å². The largest absolute Gasteiger partial charge is 0.456 e. The summed E-state index contributed by atoms with van der Waals surface area (Å²) in [5.74, 6) is 1.69. The van der Waals surface area contributed by atoms with Gasteiger partial charge < -0.3 is 26.8 Å². The topological polar surface area (TPSA) is 101 Å². The quantitative estimate of drug-likeness (QED) is 0.142. The highest BCUT2D eigenvalue weighted by atomic mass is 16.3. The van der Waals surface area contributed by atoms with E-state index in [0.717, 1.165) is 204 Å². The molecule has 0 spiro atoms. The molecule has 0 unspecified atom stereocenters. The number of furan rings is 4. The molecule has 9 nitrogen and oxygen atoms in total. The maximum Gasteiger partial charge on any atom is 0.164 e. The smallest absolute Gasteiger partial charge is 0.164 e. The van der Waals surface area contributed by atoms with Crippen molar-refractivity contribution in [1.82, 2.24) is 24.1 Å². The molecular weight excluding hydrogens is 1250 g/mol. The molecule has 0 aliphatic rings. The van der Waals surface area contributed by atoms with E-state index in [-0.39, 0.29) is 0 Å². The van der Waals surface area contributed by atoms with Crippen LogP contribution in [0, 0.1) is 0 Å². The van der Waals surface area contributed by atoms with Crippen molar-refractivity contribution in [3.63, 3.8) is 0 Å². The van der Waals surface area contributed by atoms with E-state index in [9.17, 15) is 0 Å². The monoisotopic (exact) mass is 1300 g/mol. The SMILES string of the molecule is c1ccc(-c2nc(-c3ccccc3)nc(-c3cc(-n4c5ccc(-c6ccc7oc8ccccc8c7c6)cc5c5cc(-c6ccc7oc8ccccc8c7c6)ccc54)cc(-n4c5ccc(-c6ccc7oc8ccccc8c7c6)cc5c5cc(-c6ccc7oc8ccccc8c7c6)ccc54)c3)n2)cc1. The van der Waals surface area contributed by atoms with Gasteiger partial charge in [-0.1, -0.05) is 182 Å². The summed E-state index contributed by atoms with van der Waals surface area (Å²) >= 11 is 0. The van der Waals surface area contributed by atoms with E-state index in [1.807, 2.05) is 84.9 Å². The van der Waals surface area contributed by atoms with Gasteiger partial charge in [0.2, 0.25) is 0 Å². The summed E-state index contributed by atoms with van der Waals surface area (Å²) in [5, 5.41) is 13.1. The van der Waals surface area contributed by atoms with Crippen molar-refractivity contribution in [3.8, 4) is 90.0 Å². The maximum absolute atomic E-state index is 6.37. The number of aromatic nitrogens is 5. The Bertz CT molecular complexity index is 6500. The molecule has 102 heavy (non-hydrogen) atoms. The molecule has 0 radical (unpaired) electrons. The van der Waals surface area contributed by atoms with E-state index in [2.05, 4.69) is 246 Å². The third-order valence-electron chi connectivity index (χ3n) is 20.7. The van der Waals surface area contributed by atoms with Gasteiger partial charge in [0, 0.05) is 92.7 Å². The van der Waals surface area contributed by atoms with Crippen LogP contribution in [0.4, 0.5) is 0 Å². The van der Waals surface area contributed by atoms with Crippen molar-refractivity contribution < 1.29 is 17.7 Å². The number of fused-ring (bicyclic) bond motifs is 18. The van der Waals surface area contributed by atoms with Crippen LogP contribution in [0.1, 0.15) is 0 Å². The number of hydrogen-bond donors (Lipinski definition) is 0. The molecule has 0 fully saturated rings. The van der Waals surface area contributed by atoms with Crippen LogP contribution < -0.4 is 0 Å². The lowest BCUT2D eigenvalue weighted by Crippen LogP contribution is -2.03. The second kappa shape index (κ2) is 21.8. The Labute approximate surface area is 581 Å². The summed E-state index contributed by atoms with van der Waals surface area (Å²) in [7, 11) is 0. The van der Waals surface area contributed by atoms with Crippen LogP contribution >= 0.6 is 0 Å². The Balaban J connectivity index is 0.806. The summed E-state index contributed by atoms with van der Waals surface area (Å²) in [4.78, 5) is 16.1. The van der Waals surface area contributed by atoms with Crippen molar-refractivity contribution in [3.05, 3.63) is 322 Å². The first-order valence-corrected chi connectivity index (χ1v) is 34.3. The number of para-hydroxylation sites is 4. The van der Waals surface area contributed by atoms with Gasteiger partial charge in [-0.05, 0) is 184 Å². The van der Waals surface area contributed by atoms with Gasteiger partial charge in [-0.25, -0.2) is 15.0 Å². The number of hydrogen-bond acceptors (Lipinski definition) is 7. The van der Waals surface area contributed by atoms with Gasteiger partial charge in [0.05, 0.1) is 22.1 Å². The van der Waals surface area contributed by atoms with Gasteiger partial charge in [-0.2, -0.15) is 0 Å². The minimum absolute atomic E-state index is 0.537. The average molecular weight is 1300 g/mol. The molecule has 0 saturated carbocycles. The first-order valence-electron chi connectivity index (χ1n) is 34.3. The summed E-state index contributed by atoms with van der Waals surface area (Å²) in [5.41, 5.74) is 24.2. The highest BCUT2D eigenvalue weighted by molar-refractivity contribution is 6.16. The molecule has 0 atom stereocenters. The molecule has 0 amide bonds. The van der Waals surface area contributed by atoms with Crippen molar-refractivity contribution in [2.24, 2.45) is 0 Å². The lowest BCUT2D eigenvalue weighted by Gasteiger charge is -2.16. The number of benzene rings is 15. The summed E-state index contributed by atoms with van der Waals surface area (Å²) in [6.45, 7) is 0. The summed E-state index contributed by atoms with van der Waals surface area (Å²) in [6, 6.07) is 114. The first-order chi connectivity index (χ1) is 50.5. The first kappa shape index (κ1) is 56.2. The van der Waals surface area contributed by atoms with Crippen molar-refractivity contribution in [2.45, 2.75) is 0 Å². The molecule has 7 aromatic heterocycles. The van der Waals surface area contributed by atoms with E-state index in [0.29, 0.717) is 17.5 Å². The van der Waals surface area contributed by atoms with E-state index >= 15 is 0 Å². The fourth-order valence-corrected chi connectivity index (χ4v) is 15.9. The van der Waals surface area contributed by atoms with Crippen LogP contribution in [0.2, 0.25) is 0 Å². The van der Waals surface area contributed by atoms with Gasteiger partial charge in [0.25, 0.3) is 0 Å². The highest BCUT2D eigenvalue weighted by Crippen LogP contribution is 2.45. The molecular formula is C93H53N5O4. The van der Waals surface area contributed by atoms with Crippen LogP contribution in [0.25, 0.3) is 221 Å². The predicted molar refractivity (Wildman–Crippen MR) is 416 cm³/mol. The lowest BCUT2D eigenvalue weighted by molar-refractivity contribution is 0.668. The molecule has 0 saturated heterocycles. The van der Waals surface area contributed by atoms with Crippen molar-refractivity contribution >= 4 is 131 Å². The van der Waals surface area contributed by atoms with E-state index in [1.54, 1.807) is 0 Å². The second-order valence-electron chi connectivity index (χ2n) is 26.6. The Morgan fingerprint density at radius 1 is 0.167 bits per heavy atom. The van der Waals surface area contributed by atoms with Crippen molar-refractivity contribution in [1.29, 1.82) is 0 Å². The average Bonchev–Trinajstić information content (AvgIpc) is 1.57. The van der Waals surface area contributed by atoms with Crippen LogP contribution in [-0.4, -0.2) is 24.1 Å². The molecule has 0 aliphatic heterocycles. The minimum atomic E-state index is 0.537. The fourth-order valence-electron chi connectivity index (χ4n) is 15.9. The van der Waals surface area contributed by atoms with Crippen LogP contribution in [0.3, 0.4) is 0 Å². The molecule has 9 heteroatoms. The predicted octanol–water partition coefficient (Wildman–Crippen LogP) is 25.3. The zero-order valence-corrected chi connectivity index (χ0v) is 54.5. The maximum atomic E-state index is 6.37. The van der Waals surface area contributed by atoms with Gasteiger partial charge in [0.1, 0.15) is 44.7 Å². The molecule has 22 aromatic rings. The third-order valence-corrected chi connectivity index (χ3v) is 20.7. The Kier molecular flexibility index (Phi) is 12.0. The number of rotatable bonds is 9. The normalized spacial score (nSPS) is 12.1. The van der Waals surface area contributed by atoms with E-state index in [1.165, 1.54) is 0 Å². The fraction of sp³-hybridized carbons (Fsp3) is 0. The Hall–Kier alpha value is -13.9. The van der Waals surface area contributed by atoms with Gasteiger partial charge in [0.15, 0.2) is 17.5 Å². The molecule has 0 aliphatic carbocycles. The zero-order valence-electron chi connectivity index (χ0n) is 54.5. The lowest BCUT2D eigenvalue weighted by atomic mass is 9.98. The Morgan fingerprint density at radius 2 is 0.402 bits per heavy atom. The molecule has 7 heterocycles. The summed E-state index contributed by atoms with van der Waals surface area (Å²) in [6.07, 6.45) is 0. The molecule has 15 aromatic carbocycles. The van der Waals surface area contributed by atoms with E-state index < -0.39 is 0 Å². The van der Waals surface area contributed by atoms with Gasteiger partial charge in [-0.15, -0.1) is 0 Å². The third kappa shape index (κ3) is 8.81. The van der Waals surface area contributed by atoms with Gasteiger partial charge in [-0.3, -0.25) is 0 Å². The minimum Gasteiger partial charge on any atom is -0.456 e. The summed E-state index contributed by atoms with van der Waals surface area (Å²) < 4.78 is 30.3. The van der Waals surface area contributed by atoms with Crippen LogP contribution in [0.15, 0.2) is 339 Å². The van der Waals surface area contributed by atoms with Crippen molar-refractivity contribution in [2.75, 3.05) is 0 Å². The molecule has 0 bridgehead atoms. The van der Waals surface area contributed by atoms with Crippen LogP contribution in [-0.2, 0) is 0 Å². The zero-order chi connectivity index (χ0) is 66.7. The van der Waals surface area contributed by atoms with Gasteiger partial charge >= 0.3 is 0 Å². The standard InChI is InChI=1S/C93H53N5O4/c1-3-15-54(16-4-1)91-94-92(55-17-5-2-6-18-55)96-93(95-91)64-43-65(97-79-35-27-56(60-31-39-87-75(49-60)67-19-7-11-23-83(67)99-87)45-71(79)72-46-57(28-36-80(72)97)61-32-40-88-76(50-61)68-20-8-12-24-84(68)100-88)53-66(44-64)98-81-37-29-58(62-33-41-89-77(51-62)69-21-9-13-25-85(69)101-89)47-73(81)74-48-59(30-38-82(74)98)63-34-42-90-78(52-63)70-22-10-14-26-86(70)102-90/h1-53H. The Morgan fingerprint density at radius 3 is 0.696 bits per heavy atom. The number of nitrogens with zero attached hydrogens (tertiary/aromatic N) is 5. The molecule has 474 valence electrons.